The molecular formula is C17H24BBrO3. The summed E-state index contributed by atoms with van der Waals surface area (Å²) in [5.41, 5.74) is 1.76. The number of hydrogen-bond acceptors (Lipinski definition) is 3. The molecule has 2 fully saturated rings. The van der Waals surface area contributed by atoms with Crippen molar-refractivity contribution in [2.75, 3.05) is 13.2 Å². The first kappa shape index (κ1) is 16.5. The van der Waals surface area contributed by atoms with Gasteiger partial charge in [-0.2, -0.15) is 0 Å². The molecule has 5 heteroatoms. The van der Waals surface area contributed by atoms with Crippen LogP contribution in [0.5, 0.6) is 0 Å². The second kappa shape index (κ2) is 5.93. The fourth-order valence-electron chi connectivity index (χ4n) is 2.96. The highest BCUT2D eigenvalue weighted by Crippen LogP contribution is 2.37. The first-order chi connectivity index (χ1) is 10.3. The average molecular weight is 367 g/mol. The van der Waals surface area contributed by atoms with Gasteiger partial charge in [-0.1, -0.05) is 28.1 Å². The largest absolute Gasteiger partial charge is 0.495 e. The van der Waals surface area contributed by atoms with Crippen molar-refractivity contribution in [3.8, 4) is 0 Å². The fraction of sp³-hybridized carbons (Fsp3) is 0.647. The smallest absolute Gasteiger partial charge is 0.399 e. The standard InChI is InChI=1S/C17H24BBrO3/c1-16(2)17(3,4)22-18(21-16)14-8-7-12(10-15(14)19)13-6-5-9-20-11-13/h7-8,10,13H,5-6,9,11H2,1-4H3. The van der Waals surface area contributed by atoms with Gasteiger partial charge in [0.05, 0.1) is 17.8 Å². The first-order valence-corrected chi connectivity index (χ1v) is 8.82. The minimum Gasteiger partial charge on any atom is -0.399 e. The monoisotopic (exact) mass is 366 g/mol. The van der Waals surface area contributed by atoms with Gasteiger partial charge in [0.2, 0.25) is 0 Å². The number of hydrogen-bond donors (Lipinski definition) is 0. The lowest BCUT2D eigenvalue weighted by Gasteiger charge is -2.32. The van der Waals surface area contributed by atoms with Gasteiger partial charge in [0.25, 0.3) is 0 Å². The van der Waals surface area contributed by atoms with Gasteiger partial charge >= 0.3 is 7.12 Å². The lowest BCUT2D eigenvalue weighted by molar-refractivity contribution is 0.00578. The van der Waals surface area contributed by atoms with Crippen LogP contribution in [0.2, 0.25) is 0 Å². The molecule has 0 spiro atoms. The van der Waals surface area contributed by atoms with Gasteiger partial charge in [-0.05, 0) is 57.6 Å². The van der Waals surface area contributed by atoms with E-state index in [1.807, 2.05) is 0 Å². The second-order valence-corrected chi connectivity index (χ2v) is 8.14. The van der Waals surface area contributed by atoms with Crippen LogP contribution in [0.25, 0.3) is 0 Å². The molecular weight excluding hydrogens is 343 g/mol. The topological polar surface area (TPSA) is 27.7 Å². The SMILES string of the molecule is CC1(C)OB(c2ccc(C3CCCOC3)cc2Br)OC1(C)C. The zero-order valence-electron chi connectivity index (χ0n) is 13.8. The van der Waals surface area contributed by atoms with E-state index in [9.17, 15) is 0 Å². The van der Waals surface area contributed by atoms with Gasteiger partial charge < -0.3 is 14.0 Å². The van der Waals surface area contributed by atoms with Crippen molar-refractivity contribution in [3.63, 3.8) is 0 Å². The summed E-state index contributed by atoms with van der Waals surface area (Å²) in [7, 11) is -0.323. The Bertz CT molecular complexity index is 537. The van der Waals surface area contributed by atoms with Gasteiger partial charge in [0.15, 0.2) is 0 Å². The van der Waals surface area contributed by atoms with Crippen molar-refractivity contribution in [1.29, 1.82) is 0 Å². The number of benzene rings is 1. The third-order valence-corrected chi connectivity index (χ3v) is 5.85. The molecule has 1 unspecified atom stereocenters. The first-order valence-electron chi connectivity index (χ1n) is 8.03. The maximum absolute atomic E-state index is 6.14. The maximum atomic E-state index is 6.14. The Morgan fingerprint density at radius 1 is 1.14 bits per heavy atom. The van der Waals surface area contributed by atoms with Crippen molar-refractivity contribution in [2.45, 2.75) is 57.7 Å². The van der Waals surface area contributed by atoms with Gasteiger partial charge in [-0.25, -0.2) is 0 Å². The lowest BCUT2D eigenvalue weighted by atomic mass is 9.78. The van der Waals surface area contributed by atoms with E-state index in [0.717, 1.165) is 29.6 Å². The van der Waals surface area contributed by atoms with Crippen LogP contribution in [-0.2, 0) is 14.0 Å². The normalized spacial score (nSPS) is 27.1. The molecule has 1 aromatic rings. The summed E-state index contributed by atoms with van der Waals surface area (Å²) in [5, 5.41) is 0. The van der Waals surface area contributed by atoms with E-state index in [1.54, 1.807) is 0 Å². The predicted molar refractivity (Wildman–Crippen MR) is 92.7 cm³/mol. The summed E-state index contributed by atoms with van der Waals surface area (Å²) < 4.78 is 18.9. The minimum atomic E-state index is -0.323. The zero-order chi connectivity index (χ0) is 16.0. The average Bonchev–Trinajstić information content (AvgIpc) is 2.68. The van der Waals surface area contributed by atoms with E-state index < -0.39 is 0 Å². The quantitative estimate of drug-likeness (QED) is 0.748. The van der Waals surface area contributed by atoms with Gasteiger partial charge in [0, 0.05) is 17.0 Å². The van der Waals surface area contributed by atoms with E-state index in [2.05, 4.69) is 61.8 Å². The molecule has 0 saturated carbocycles. The molecule has 2 aliphatic rings. The van der Waals surface area contributed by atoms with E-state index in [0.29, 0.717) is 5.92 Å². The van der Waals surface area contributed by atoms with Crippen LogP contribution in [0.4, 0.5) is 0 Å². The van der Waals surface area contributed by atoms with Crippen molar-refractivity contribution in [1.82, 2.24) is 0 Å². The van der Waals surface area contributed by atoms with E-state index in [1.165, 1.54) is 12.0 Å². The van der Waals surface area contributed by atoms with E-state index >= 15 is 0 Å². The molecule has 0 N–H and O–H groups in total. The Hall–Kier alpha value is -0.355. The van der Waals surface area contributed by atoms with Crippen molar-refractivity contribution >= 4 is 28.5 Å². The third kappa shape index (κ3) is 3.01. The predicted octanol–water partition coefficient (Wildman–Crippen LogP) is 3.64. The maximum Gasteiger partial charge on any atom is 0.495 e. The third-order valence-electron chi connectivity index (χ3n) is 5.16. The van der Waals surface area contributed by atoms with Crippen molar-refractivity contribution < 1.29 is 14.0 Å². The Morgan fingerprint density at radius 3 is 2.36 bits per heavy atom. The molecule has 0 bridgehead atoms. The van der Waals surface area contributed by atoms with Crippen LogP contribution in [-0.4, -0.2) is 31.5 Å². The molecule has 2 heterocycles. The Balaban J connectivity index is 1.81. The summed E-state index contributed by atoms with van der Waals surface area (Å²) in [6.45, 7) is 10.0. The summed E-state index contributed by atoms with van der Waals surface area (Å²) in [4.78, 5) is 0. The Kier molecular flexibility index (Phi) is 4.45. The Labute approximate surface area is 142 Å². The molecule has 3 rings (SSSR count). The van der Waals surface area contributed by atoms with Crippen LogP contribution < -0.4 is 5.46 Å². The molecule has 3 nitrogen and oxygen atoms in total. The van der Waals surface area contributed by atoms with Gasteiger partial charge in [-0.15, -0.1) is 0 Å². The fourth-order valence-corrected chi connectivity index (χ4v) is 3.55. The van der Waals surface area contributed by atoms with E-state index in [4.69, 9.17) is 14.0 Å². The van der Waals surface area contributed by atoms with E-state index in [-0.39, 0.29) is 18.3 Å². The van der Waals surface area contributed by atoms with Crippen LogP contribution >= 0.6 is 15.9 Å². The molecule has 1 atom stereocenters. The molecule has 1 aromatic carbocycles. The minimum absolute atomic E-state index is 0.313. The zero-order valence-corrected chi connectivity index (χ0v) is 15.4. The molecule has 0 radical (unpaired) electrons. The van der Waals surface area contributed by atoms with Crippen molar-refractivity contribution in [3.05, 3.63) is 28.2 Å². The number of rotatable bonds is 2. The van der Waals surface area contributed by atoms with Crippen molar-refractivity contribution in [2.24, 2.45) is 0 Å². The van der Waals surface area contributed by atoms with Crippen LogP contribution in [0.1, 0.15) is 52.0 Å². The number of ether oxygens (including phenoxy) is 1. The van der Waals surface area contributed by atoms with Gasteiger partial charge in [0.1, 0.15) is 0 Å². The molecule has 2 aliphatic heterocycles. The Morgan fingerprint density at radius 2 is 1.82 bits per heavy atom. The molecule has 0 aliphatic carbocycles. The van der Waals surface area contributed by atoms with Crippen LogP contribution in [0.15, 0.2) is 22.7 Å². The molecule has 0 amide bonds. The van der Waals surface area contributed by atoms with Crippen LogP contribution in [0.3, 0.4) is 0 Å². The highest BCUT2D eigenvalue weighted by Gasteiger charge is 2.52. The summed E-state index contributed by atoms with van der Waals surface area (Å²) in [6, 6.07) is 6.50. The van der Waals surface area contributed by atoms with Crippen LogP contribution in [0, 0.1) is 0 Å². The molecule has 2 saturated heterocycles. The number of halogens is 1. The van der Waals surface area contributed by atoms with Gasteiger partial charge in [-0.3, -0.25) is 0 Å². The summed E-state index contributed by atoms with van der Waals surface area (Å²) >= 11 is 3.70. The lowest BCUT2D eigenvalue weighted by Crippen LogP contribution is -2.41. The highest BCUT2D eigenvalue weighted by molar-refractivity contribution is 9.10. The highest BCUT2D eigenvalue weighted by atomic mass is 79.9. The molecule has 120 valence electrons. The second-order valence-electron chi connectivity index (χ2n) is 7.28. The summed E-state index contributed by atoms with van der Waals surface area (Å²) in [6.07, 6.45) is 2.34. The molecule has 22 heavy (non-hydrogen) atoms. The molecule has 0 aromatic heterocycles. The summed E-state index contributed by atoms with van der Waals surface area (Å²) in [5.74, 6) is 0.498.